The SMILES string of the molecule is O=C1NC(=O)N(c2ccc(OCc3ccc(Cl)cc3Cl)cc2)C(=O)/C1=C/c1ccc(OCc2ccc(Cl)cc2)c(Br)c1. The monoisotopic (exact) mass is 684 g/mol. The van der Waals surface area contributed by atoms with Gasteiger partial charge in [-0.2, -0.15) is 0 Å². The summed E-state index contributed by atoms with van der Waals surface area (Å²) in [5.74, 6) is -0.488. The number of barbiturate groups is 1. The Balaban J connectivity index is 1.28. The first-order valence-electron chi connectivity index (χ1n) is 12.4. The number of amides is 4. The number of carbonyl (C=O) groups excluding carboxylic acids is 3. The molecule has 1 aliphatic heterocycles. The van der Waals surface area contributed by atoms with Crippen LogP contribution in [-0.4, -0.2) is 17.8 Å². The lowest BCUT2D eigenvalue weighted by atomic mass is 10.1. The van der Waals surface area contributed by atoms with E-state index in [0.717, 1.165) is 16.0 Å². The second-order valence-electron chi connectivity index (χ2n) is 9.08. The molecule has 212 valence electrons. The van der Waals surface area contributed by atoms with Gasteiger partial charge in [-0.15, -0.1) is 0 Å². The number of anilines is 1. The quantitative estimate of drug-likeness (QED) is 0.149. The summed E-state index contributed by atoms with van der Waals surface area (Å²) in [7, 11) is 0. The molecule has 7 nitrogen and oxygen atoms in total. The summed E-state index contributed by atoms with van der Waals surface area (Å²) >= 11 is 21.5. The van der Waals surface area contributed by atoms with Crippen LogP contribution in [0.1, 0.15) is 16.7 Å². The van der Waals surface area contributed by atoms with Crippen molar-refractivity contribution >= 4 is 80.3 Å². The van der Waals surface area contributed by atoms with Crippen molar-refractivity contribution in [1.82, 2.24) is 5.32 Å². The van der Waals surface area contributed by atoms with Crippen molar-refractivity contribution in [3.05, 3.63) is 127 Å². The number of imide groups is 2. The minimum atomic E-state index is -0.851. The number of nitrogens with one attached hydrogen (secondary N) is 1. The van der Waals surface area contributed by atoms with E-state index < -0.39 is 17.8 Å². The first kappa shape index (κ1) is 29.7. The minimum Gasteiger partial charge on any atom is -0.489 e. The Morgan fingerprint density at radius 3 is 2.19 bits per heavy atom. The standard InChI is InChI=1S/C31H20BrCl3N2O5/c32-26-14-19(3-12-28(26)42-16-18-1-5-21(33)6-2-18)13-25-29(38)36-31(40)37(30(25)39)23-8-10-24(11-9-23)41-17-20-4-7-22(34)15-27(20)35/h1-15H,16-17H2,(H,36,38,40)/b25-13+. The zero-order valence-electron chi connectivity index (χ0n) is 21.6. The summed E-state index contributed by atoms with van der Waals surface area (Å²) in [6.07, 6.45) is 1.41. The van der Waals surface area contributed by atoms with Gasteiger partial charge in [0.05, 0.1) is 10.2 Å². The summed E-state index contributed by atoms with van der Waals surface area (Å²) in [5, 5.41) is 3.86. The molecular weight excluding hydrogens is 667 g/mol. The first-order valence-corrected chi connectivity index (χ1v) is 14.4. The molecule has 0 atom stereocenters. The predicted molar refractivity (Wildman–Crippen MR) is 166 cm³/mol. The number of hydrogen-bond donors (Lipinski definition) is 1. The van der Waals surface area contributed by atoms with Gasteiger partial charge in [0.15, 0.2) is 0 Å². The Labute approximate surface area is 264 Å². The molecule has 4 aromatic carbocycles. The van der Waals surface area contributed by atoms with Crippen molar-refractivity contribution in [3.63, 3.8) is 0 Å². The maximum atomic E-state index is 13.3. The van der Waals surface area contributed by atoms with Crippen molar-refractivity contribution in [2.24, 2.45) is 0 Å². The molecule has 4 aromatic rings. The van der Waals surface area contributed by atoms with E-state index in [2.05, 4.69) is 21.2 Å². The van der Waals surface area contributed by atoms with Crippen LogP contribution in [0.2, 0.25) is 15.1 Å². The summed E-state index contributed by atoms with van der Waals surface area (Å²) in [4.78, 5) is 39.5. The molecular formula is C31H20BrCl3N2O5. The largest absolute Gasteiger partial charge is 0.489 e. The van der Waals surface area contributed by atoms with Crippen molar-refractivity contribution in [3.8, 4) is 11.5 Å². The number of rotatable bonds is 8. The molecule has 0 unspecified atom stereocenters. The first-order chi connectivity index (χ1) is 20.2. The second-order valence-corrected chi connectivity index (χ2v) is 11.2. The molecule has 1 N–H and O–H groups in total. The molecule has 1 heterocycles. The maximum Gasteiger partial charge on any atom is 0.335 e. The van der Waals surface area contributed by atoms with Crippen molar-refractivity contribution < 1.29 is 23.9 Å². The predicted octanol–water partition coefficient (Wildman–Crippen LogP) is 8.23. The number of ether oxygens (including phenoxy) is 2. The van der Waals surface area contributed by atoms with Crippen molar-refractivity contribution in [2.45, 2.75) is 13.2 Å². The van der Waals surface area contributed by atoms with E-state index in [4.69, 9.17) is 44.3 Å². The van der Waals surface area contributed by atoms with Gasteiger partial charge < -0.3 is 9.47 Å². The molecule has 1 saturated heterocycles. The van der Waals surface area contributed by atoms with E-state index in [9.17, 15) is 14.4 Å². The summed E-state index contributed by atoms with van der Waals surface area (Å²) in [5.41, 5.74) is 2.31. The Kier molecular flexibility index (Phi) is 9.18. The lowest BCUT2D eigenvalue weighted by Crippen LogP contribution is -2.54. The summed E-state index contributed by atoms with van der Waals surface area (Å²) in [6, 6.07) is 23.0. The van der Waals surface area contributed by atoms with Crippen LogP contribution in [0, 0.1) is 0 Å². The average Bonchev–Trinajstić information content (AvgIpc) is 2.96. The highest BCUT2D eigenvalue weighted by Gasteiger charge is 2.36. The molecule has 0 aromatic heterocycles. The molecule has 0 radical (unpaired) electrons. The van der Waals surface area contributed by atoms with Crippen LogP contribution in [-0.2, 0) is 22.8 Å². The highest BCUT2D eigenvalue weighted by molar-refractivity contribution is 9.10. The molecule has 4 amide bonds. The molecule has 0 spiro atoms. The van der Waals surface area contributed by atoms with Crippen LogP contribution in [0.25, 0.3) is 6.08 Å². The van der Waals surface area contributed by atoms with E-state index in [1.165, 1.54) is 6.08 Å². The Morgan fingerprint density at radius 2 is 1.50 bits per heavy atom. The van der Waals surface area contributed by atoms with Crippen LogP contribution in [0.4, 0.5) is 10.5 Å². The van der Waals surface area contributed by atoms with E-state index in [1.807, 2.05) is 12.1 Å². The van der Waals surface area contributed by atoms with Gasteiger partial charge in [0.25, 0.3) is 11.8 Å². The number of benzene rings is 4. The zero-order valence-corrected chi connectivity index (χ0v) is 25.4. The van der Waals surface area contributed by atoms with E-state index >= 15 is 0 Å². The molecule has 0 bridgehead atoms. The average molecular weight is 687 g/mol. The lowest BCUT2D eigenvalue weighted by Gasteiger charge is -2.26. The summed E-state index contributed by atoms with van der Waals surface area (Å²) < 4.78 is 12.3. The maximum absolute atomic E-state index is 13.3. The fraction of sp³-hybridized carbons (Fsp3) is 0.0645. The van der Waals surface area contributed by atoms with Crippen molar-refractivity contribution in [2.75, 3.05) is 4.90 Å². The van der Waals surface area contributed by atoms with Gasteiger partial charge >= 0.3 is 6.03 Å². The number of nitrogens with zero attached hydrogens (tertiary/aromatic N) is 1. The topological polar surface area (TPSA) is 84.9 Å². The fourth-order valence-corrected chi connectivity index (χ4v) is 5.12. The fourth-order valence-electron chi connectivity index (χ4n) is 4.02. The molecule has 1 aliphatic rings. The van der Waals surface area contributed by atoms with E-state index in [0.29, 0.717) is 43.2 Å². The Bertz CT molecular complexity index is 1710. The van der Waals surface area contributed by atoms with Gasteiger partial charge in [-0.1, -0.05) is 59.1 Å². The van der Waals surface area contributed by atoms with Gasteiger partial charge in [0.2, 0.25) is 0 Å². The van der Waals surface area contributed by atoms with Crippen LogP contribution < -0.4 is 19.7 Å². The van der Waals surface area contributed by atoms with Crippen molar-refractivity contribution in [1.29, 1.82) is 0 Å². The third-order valence-corrected chi connectivity index (χ3v) is 7.64. The number of halogens is 4. The van der Waals surface area contributed by atoms with Gasteiger partial charge in [0, 0.05) is 20.6 Å². The molecule has 0 saturated carbocycles. The van der Waals surface area contributed by atoms with Gasteiger partial charge in [-0.3, -0.25) is 14.9 Å². The van der Waals surface area contributed by atoms with Crippen LogP contribution >= 0.6 is 50.7 Å². The Hall–Kier alpha value is -3.82. The molecule has 5 rings (SSSR count). The molecule has 42 heavy (non-hydrogen) atoms. The minimum absolute atomic E-state index is 0.195. The van der Waals surface area contributed by atoms with Crippen LogP contribution in [0.5, 0.6) is 11.5 Å². The van der Waals surface area contributed by atoms with Crippen LogP contribution in [0.3, 0.4) is 0 Å². The lowest BCUT2D eigenvalue weighted by molar-refractivity contribution is -0.122. The van der Waals surface area contributed by atoms with Crippen LogP contribution in [0.15, 0.2) is 95.0 Å². The van der Waals surface area contributed by atoms with E-state index in [-0.39, 0.29) is 17.9 Å². The summed E-state index contributed by atoms with van der Waals surface area (Å²) in [6.45, 7) is 0.521. The smallest absolute Gasteiger partial charge is 0.335 e. The highest BCUT2D eigenvalue weighted by Crippen LogP contribution is 2.30. The highest BCUT2D eigenvalue weighted by atomic mass is 79.9. The number of carbonyl (C=O) groups is 3. The normalized spacial score (nSPS) is 14.2. The third-order valence-electron chi connectivity index (χ3n) is 6.18. The second kappa shape index (κ2) is 13.0. The van der Waals surface area contributed by atoms with Gasteiger partial charge in [-0.25, -0.2) is 9.69 Å². The molecule has 1 fully saturated rings. The number of urea groups is 1. The Morgan fingerprint density at radius 1 is 0.786 bits per heavy atom. The van der Waals surface area contributed by atoms with Gasteiger partial charge in [0.1, 0.15) is 30.3 Å². The third kappa shape index (κ3) is 6.97. The molecule has 11 heteroatoms. The number of hydrogen-bond acceptors (Lipinski definition) is 5. The van der Waals surface area contributed by atoms with Gasteiger partial charge in [-0.05, 0) is 93.8 Å². The van der Waals surface area contributed by atoms with E-state index in [1.54, 1.807) is 72.8 Å². The zero-order chi connectivity index (χ0) is 29.8. The molecule has 0 aliphatic carbocycles.